The minimum atomic E-state index is -0.963. The summed E-state index contributed by atoms with van der Waals surface area (Å²) in [4.78, 5) is 27.7. The summed E-state index contributed by atoms with van der Waals surface area (Å²) in [5.74, 6) is -2.49. The van der Waals surface area contributed by atoms with Crippen LogP contribution in [0.4, 0.5) is 13.9 Å². The second-order valence-electron chi connectivity index (χ2n) is 5.08. The molecule has 0 saturated carbocycles. The number of hydrogen-bond donors (Lipinski definition) is 1. The predicted molar refractivity (Wildman–Crippen MR) is 85.5 cm³/mol. The number of hydrogen-bond acceptors (Lipinski definition) is 5. The lowest BCUT2D eigenvalue weighted by Gasteiger charge is -2.18. The molecule has 2 heterocycles. The highest BCUT2D eigenvalue weighted by Gasteiger charge is 2.22. The highest BCUT2D eigenvalue weighted by atomic mass is 32.1. The van der Waals surface area contributed by atoms with Crippen molar-refractivity contribution >= 4 is 34.0 Å². The van der Waals surface area contributed by atoms with Crippen molar-refractivity contribution in [2.75, 3.05) is 12.4 Å². The number of carbonyl (C=O) groups excluding carboxylic acids is 2. The first-order chi connectivity index (χ1) is 11.4. The van der Waals surface area contributed by atoms with E-state index in [-0.39, 0.29) is 24.5 Å². The number of halogens is 2. The van der Waals surface area contributed by atoms with Gasteiger partial charge >= 0.3 is 0 Å². The van der Waals surface area contributed by atoms with Gasteiger partial charge in [-0.25, -0.2) is 18.8 Å². The van der Waals surface area contributed by atoms with E-state index in [0.717, 1.165) is 28.5 Å². The van der Waals surface area contributed by atoms with Crippen LogP contribution in [0.15, 0.2) is 28.7 Å². The summed E-state index contributed by atoms with van der Waals surface area (Å²) in [5, 5.41) is 9.58. The first-order valence-electron chi connectivity index (χ1n) is 7.00. The van der Waals surface area contributed by atoms with Gasteiger partial charge in [0.1, 0.15) is 5.71 Å². The van der Waals surface area contributed by atoms with E-state index in [1.165, 1.54) is 13.1 Å². The number of hydrazone groups is 1. The average molecular weight is 350 g/mol. The van der Waals surface area contributed by atoms with Crippen LogP contribution >= 0.6 is 11.3 Å². The summed E-state index contributed by atoms with van der Waals surface area (Å²) in [7, 11) is 1.49. The Morgan fingerprint density at radius 2 is 2.08 bits per heavy atom. The van der Waals surface area contributed by atoms with Crippen molar-refractivity contribution < 1.29 is 18.4 Å². The number of rotatable bonds is 3. The van der Waals surface area contributed by atoms with Crippen LogP contribution in [0.1, 0.15) is 12.8 Å². The SMILES string of the molecule is CN1N=C(C(=O)Nc2nc(-c3ccc(F)c(F)c3)cs2)CCC1=O. The fourth-order valence-electron chi connectivity index (χ4n) is 2.12. The molecule has 0 bridgehead atoms. The number of thiazole rings is 1. The van der Waals surface area contributed by atoms with Gasteiger partial charge in [-0.15, -0.1) is 11.3 Å². The largest absolute Gasteiger partial charge is 0.297 e. The van der Waals surface area contributed by atoms with Crippen LogP contribution in [0, 0.1) is 11.6 Å². The Morgan fingerprint density at radius 3 is 2.79 bits per heavy atom. The second kappa shape index (κ2) is 6.44. The van der Waals surface area contributed by atoms with E-state index in [1.54, 1.807) is 5.38 Å². The monoisotopic (exact) mass is 350 g/mol. The lowest BCUT2D eigenvalue weighted by molar-refractivity contribution is -0.130. The molecule has 2 aromatic rings. The van der Waals surface area contributed by atoms with Crippen molar-refractivity contribution in [1.29, 1.82) is 0 Å². The van der Waals surface area contributed by atoms with Crippen LogP contribution in [0.5, 0.6) is 0 Å². The molecule has 0 unspecified atom stereocenters. The quantitative estimate of drug-likeness (QED) is 0.925. The van der Waals surface area contributed by atoms with Crippen LogP contribution in [0.2, 0.25) is 0 Å². The second-order valence-corrected chi connectivity index (χ2v) is 5.94. The molecule has 0 radical (unpaired) electrons. The maximum Gasteiger partial charge on any atom is 0.273 e. The van der Waals surface area contributed by atoms with Crippen LogP contribution in [-0.2, 0) is 9.59 Å². The molecule has 0 fully saturated rings. The molecular weight excluding hydrogens is 338 g/mol. The van der Waals surface area contributed by atoms with Crippen molar-refractivity contribution in [3.8, 4) is 11.3 Å². The van der Waals surface area contributed by atoms with Gasteiger partial charge < -0.3 is 0 Å². The molecule has 0 spiro atoms. The van der Waals surface area contributed by atoms with Crippen molar-refractivity contribution in [1.82, 2.24) is 9.99 Å². The molecule has 24 heavy (non-hydrogen) atoms. The summed E-state index contributed by atoms with van der Waals surface area (Å²) in [6.45, 7) is 0. The molecular formula is C15H12F2N4O2S. The van der Waals surface area contributed by atoms with Crippen molar-refractivity contribution in [2.24, 2.45) is 5.10 Å². The molecule has 1 aliphatic rings. The molecule has 124 valence electrons. The predicted octanol–water partition coefficient (Wildman–Crippen LogP) is 2.64. The molecule has 6 nitrogen and oxygen atoms in total. The van der Waals surface area contributed by atoms with Gasteiger partial charge in [0.15, 0.2) is 16.8 Å². The third kappa shape index (κ3) is 3.30. The zero-order chi connectivity index (χ0) is 17.3. The van der Waals surface area contributed by atoms with E-state index >= 15 is 0 Å². The van der Waals surface area contributed by atoms with E-state index in [9.17, 15) is 18.4 Å². The van der Waals surface area contributed by atoms with Gasteiger partial charge in [0, 0.05) is 30.8 Å². The molecule has 1 aromatic carbocycles. The van der Waals surface area contributed by atoms with E-state index in [2.05, 4.69) is 15.4 Å². The van der Waals surface area contributed by atoms with Gasteiger partial charge in [0.25, 0.3) is 5.91 Å². The van der Waals surface area contributed by atoms with E-state index in [4.69, 9.17) is 0 Å². The number of nitrogens with one attached hydrogen (secondary N) is 1. The topological polar surface area (TPSA) is 74.7 Å². The third-order valence-corrected chi connectivity index (χ3v) is 4.17. The van der Waals surface area contributed by atoms with Crippen LogP contribution in [0.25, 0.3) is 11.3 Å². The number of anilines is 1. The number of nitrogens with zero attached hydrogens (tertiary/aromatic N) is 3. The summed E-state index contributed by atoms with van der Waals surface area (Å²) >= 11 is 1.15. The Bertz CT molecular complexity index is 850. The number of aromatic nitrogens is 1. The fourth-order valence-corrected chi connectivity index (χ4v) is 2.84. The Balaban J connectivity index is 1.74. The van der Waals surface area contributed by atoms with Crippen molar-refractivity contribution in [3.05, 3.63) is 35.2 Å². The fraction of sp³-hybridized carbons (Fsp3) is 0.200. The summed E-state index contributed by atoms with van der Waals surface area (Å²) in [6, 6.07) is 3.47. The lowest BCUT2D eigenvalue weighted by Crippen LogP contribution is -2.34. The zero-order valence-corrected chi connectivity index (χ0v) is 13.4. The number of amides is 2. The van der Waals surface area contributed by atoms with E-state index < -0.39 is 17.5 Å². The maximum absolute atomic E-state index is 13.3. The van der Waals surface area contributed by atoms with Crippen molar-refractivity contribution in [2.45, 2.75) is 12.8 Å². The molecule has 0 atom stereocenters. The summed E-state index contributed by atoms with van der Waals surface area (Å²) in [5.41, 5.74) is 1.07. The van der Waals surface area contributed by atoms with Gasteiger partial charge in [0.2, 0.25) is 5.91 Å². The van der Waals surface area contributed by atoms with Crippen molar-refractivity contribution in [3.63, 3.8) is 0 Å². The average Bonchev–Trinajstić information content (AvgIpc) is 3.01. The molecule has 2 amide bonds. The lowest BCUT2D eigenvalue weighted by atomic mass is 10.1. The Hall–Kier alpha value is -2.68. The molecule has 1 aliphatic heterocycles. The Kier molecular flexibility index (Phi) is 4.34. The molecule has 1 aromatic heterocycles. The Labute approximate surface area is 139 Å². The van der Waals surface area contributed by atoms with Gasteiger partial charge in [-0.05, 0) is 18.2 Å². The van der Waals surface area contributed by atoms with Crippen LogP contribution < -0.4 is 5.32 Å². The zero-order valence-electron chi connectivity index (χ0n) is 12.5. The smallest absolute Gasteiger partial charge is 0.273 e. The minimum Gasteiger partial charge on any atom is -0.297 e. The number of benzene rings is 1. The first kappa shape index (κ1) is 16.2. The standard InChI is InChI=1S/C15H12F2N4O2S/c1-21-13(22)5-4-11(20-21)14(23)19-15-18-12(7-24-15)8-2-3-9(16)10(17)6-8/h2-3,6-7H,4-5H2,1H3,(H,18,19,23). The summed E-state index contributed by atoms with van der Waals surface area (Å²) in [6.07, 6.45) is 0.483. The molecule has 9 heteroatoms. The van der Waals surface area contributed by atoms with E-state index in [1.807, 2.05) is 0 Å². The number of carbonyl (C=O) groups is 2. The Morgan fingerprint density at radius 1 is 1.29 bits per heavy atom. The molecule has 1 N–H and O–H groups in total. The maximum atomic E-state index is 13.3. The highest BCUT2D eigenvalue weighted by Crippen LogP contribution is 2.26. The van der Waals surface area contributed by atoms with Gasteiger partial charge in [0.05, 0.1) is 5.69 Å². The molecule has 0 saturated heterocycles. The van der Waals surface area contributed by atoms with E-state index in [0.29, 0.717) is 16.4 Å². The third-order valence-electron chi connectivity index (χ3n) is 3.41. The van der Waals surface area contributed by atoms with Gasteiger partial charge in [-0.3, -0.25) is 14.9 Å². The molecule has 3 rings (SSSR count). The summed E-state index contributed by atoms with van der Waals surface area (Å²) < 4.78 is 26.2. The highest BCUT2D eigenvalue weighted by molar-refractivity contribution is 7.14. The minimum absolute atomic E-state index is 0.151. The van der Waals surface area contributed by atoms with Crippen LogP contribution in [0.3, 0.4) is 0 Å². The molecule has 0 aliphatic carbocycles. The van der Waals surface area contributed by atoms with Gasteiger partial charge in [-0.2, -0.15) is 5.10 Å². The van der Waals surface area contributed by atoms with Crippen LogP contribution in [-0.4, -0.2) is 34.6 Å². The first-order valence-corrected chi connectivity index (χ1v) is 7.88. The van der Waals surface area contributed by atoms with Gasteiger partial charge in [-0.1, -0.05) is 0 Å². The normalized spacial score (nSPS) is 14.5.